The molecule has 144 valence electrons. The van der Waals surface area contributed by atoms with E-state index in [2.05, 4.69) is 0 Å². The maximum absolute atomic E-state index is 13.3. The molecule has 5 nitrogen and oxygen atoms in total. The third-order valence-electron chi connectivity index (χ3n) is 5.23. The van der Waals surface area contributed by atoms with E-state index in [1.807, 2.05) is 0 Å². The van der Waals surface area contributed by atoms with E-state index in [1.54, 1.807) is 16.7 Å². The zero-order chi connectivity index (χ0) is 18.2. The number of amides is 2. The normalized spacial score (nSPS) is 20.2. The number of carbonyl (C=O) groups excluding carboxylic acids is 2. The molecule has 1 aromatic carbocycles. The molecule has 2 aliphatic heterocycles. The highest BCUT2D eigenvalue weighted by Gasteiger charge is 2.45. The van der Waals surface area contributed by atoms with Crippen LogP contribution in [0.3, 0.4) is 0 Å². The zero-order valence-corrected chi connectivity index (χ0v) is 15.5. The lowest BCUT2D eigenvalue weighted by Gasteiger charge is -2.39. The lowest BCUT2D eigenvalue weighted by atomic mass is 9.77. The van der Waals surface area contributed by atoms with Crippen LogP contribution in [0.15, 0.2) is 18.2 Å². The van der Waals surface area contributed by atoms with Crippen molar-refractivity contribution < 1.29 is 18.4 Å². The van der Waals surface area contributed by atoms with Crippen molar-refractivity contribution in [3.63, 3.8) is 0 Å². The molecule has 2 saturated heterocycles. The van der Waals surface area contributed by atoms with E-state index in [0.29, 0.717) is 31.6 Å². The highest BCUT2D eigenvalue weighted by molar-refractivity contribution is 5.85. The number of nitrogens with zero attached hydrogens (tertiary/aromatic N) is 2. The second-order valence-corrected chi connectivity index (χ2v) is 7.32. The minimum atomic E-state index is -0.640. The Morgan fingerprint density at radius 1 is 1.23 bits per heavy atom. The summed E-state index contributed by atoms with van der Waals surface area (Å²) in [4.78, 5) is 27.8. The van der Waals surface area contributed by atoms with Crippen LogP contribution in [0.1, 0.15) is 31.7 Å². The number of halogens is 3. The van der Waals surface area contributed by atoms with E-state index >= 15 is 0 Å². The van der Waals surface area contributed by atoms with Gasteiger partial charge in [-0.15, -0.1) is 12.4 Å². The first kappa shape index (κ1) is 20.6. The molecule has 0 unspecified atom stereocenters. The highest BCUT2D eigenvalue weighted by Crippen LogP contribution is 2.41. The van der Waals surface area contributed by atoms with Crippen LogP contribution in [0.2, 0.25) is 0 Å². The van der Waals surface area contributed by atoms with Crippen molar-refractivity contribution in [1.82, 2.24) is 9.80 Å². The van der Waals surface area contributed by atoms with Crippen molar-refractivity contribution >= 4 is 24.2 Å². The van der Waals surface area contributed by atoms with Crippen molar-refractivity contribution in [2.45, 2.75) is 38.8 Å². The lowest BCUT2D eigenvalue weighted by molar-refractivity contribution is -0.134. The number of likely N-dealkylation sites (tertiary alicyclic amines) is 2. The van der Waals surface area contributed by atoms with E-state index in [9.17, 15) is 18.4 Å². The number of hydrogen-bond acceptors (Lipinski definition) is 3. The predicted molar refractivity (Wildman–Crippen MR) is 95.5 cm³/mol. The van der Waals surface area contributed by atoms with Gasteiger partial charge in [-0.2, -0.15) is 0 Å². The van der Waals surface area contributed by atoms with Crippen molar-refractivity contribution in [2.75, 3.05) is 19.6 Å². The van der Waals surface area contributed by atoms with Gasteiger partial charge in [0, 0.05) is 44.1 Å². The first-order valence-electron chi connectivity index (χ1n) is 8.55. The standard InChI is InChI=1S/C18H23F2N3O2.ClH/c1-12(21)17(25)22-4-2-18(3-5-22)9-16(24)23(11-18)10-13-6-14(19)8-15(20)7-13;/h6-8,12H,2-5,9-11,21H2,1H3;1H/t12-;/m1./s1. The van der Waals surface area contributed by atoms with Gasteiger partial charge in [0.1, 0.15) is 11.6 Å². The molecule has 2 amide bonds. The van der Waals surface area contributed by atoms with Gasteiger partial charge in [0.15, 0.2) is 0 Å². The lowest BCUT2D eigenvalue weighted by Crippen LogP contribution is -2.49. The highest BCUT2D eigenvalue weighted by atomic mass is 35.5. The fourth-order valence-corrected chi connectivity index (χ4v) is 3.87. The summed E-state index contributed by atoms with van der Waals surface area (Å²) in [6.45, 7) is 3.62. The van der Waals surface area contributed by atoms with E-state index < -0.39 is 17.7 Å². The first-order valence-corrected chi connectivity index (χ1v) is 8.55. The largest absolute Gasteiger partial charge is 0.341 e. The van der Waals surface area contributed by atoms with Crippen LogP contribution in [-0.2, 0) is 16.1 Å². The average Bonchev–Trinajstić information content (AvgIpc) is 2.81. The van der Waals surface area contributed by atoms with Gasteiger partial charge in [0.25, 0.3) is 0 Å². The molecule has 2 N–H and O–H groups in total. The molecule has 0 radical (unpaired) electrons. The molecule has 3 rings (SSSR count). The molecule has 1 spiro atoms. The SMILES string of the molecule is C[C@@H](N)C(=O)N1CCC2(CC1)CC(=O)N(Cc1cc(F)cc(F)c1)C2.Cl. The van der Waals surface area contributed by atoms with Gasteiger partial charge in [-0.25, -0.2) is 8.78 Å². The summed E-state index contributed by atoms with van der Waals surface area (Å²) in [7, 11) is 0. The van der Waals surface area contributed by atoms with Crippen LogP contribution in [0.5, 0.6) is 0 Å². The Morgan fingerprint density at radius 3 is 2.35 bits per heavy atom. The fourth-order valence-electron chi connectivity index (χ4n) is 3.87. The van der Waals surface area contributed by atoms with Gasteiger partial charge in [-0.05, 0) is 37.5 Å². The Hall–Kier alpha value is -1.73. The molecule has 0 aromatic heterocycles. The second-order valence-electron chi connectivity index (χ2n) is 7.32. The smallest absolute Gasteiger partial charge is 0.239 e. The molecule has 2 heterocycles. The van der Waals surface area contributed by atoms with Crippen LogP contribution in [-0.4, -0.2) is 47.3 Å². The van der Waals surface area contributed by atoms with Crippen LogP contribution in [0.25, 0.3) is 0 Å². The topological polar surface area (TPSA) is 66.6 Å². The Morgan fingerprint density at radius 2 is 1.81 bits per heavy atom. The quantitative estimate of drug-likeness (QED) is 0.863. The molecule has 1 atom stereocenters. The fraction of sp³-hybridized carbons (Fsp3) is 0.556. The van der Waals surface area contributed by atoms with Gasteiger partial charge >= 0.3 is 0 Å². The molecule has 0 aliphatic carbocycles. The van der Waals surface area contributed by atoms with Crippen LogP contribution >= 0.6 is 12.4 Å². The third kappa shape index (κ3) is 4.32. The van der Waals surface area contributed by atoms with E-state index in [4.69, 9.17) is 5.73 Å². The summed E-state index contributed by atoms with van der Waals surface area (Å²) in [5.41, 5.74) is 5.95. The van der Waals surface area contributed by atoms with Crippen molar-refractivity contribution in [3.8, 4) is 0 Å². The number of carbonyl (C=O) groups is 2. The number of piperidine rings is 1. The van der Waals surface area contributed by atoms with E-state index in [0.717, 1.165) is 18.9 Å². The Labute approximate surface area is 157 Å². The molecule has 1 aromatic rings. The molecule has 0 saturated carbocycles. The molecule has 0 bridgehead atoms. The van der Waals surface area contributed by atoms with Crippen molar-refractivity contribution in [3.05, 3.63) is 35.4 Å². The zero-order valence-electron chi connectivity index (χ0n) is 14.7. The van der Waals surface area contributed by atoms with Crippen molar-refractivity contribution in [2.24, 2.45) is 11.1 Å². The van der Waals surface area contributed by atoms with Gasteiger partial charge < -0.3 is 15.5 Å². The van der Waals surface area contributed by atoms with Crippen LogP contribution < -0.4 is 5.73 Å². The van der Waals surface area contributed by atoms with Crippen molar-refractivity contribution in [1.29, 1.82) is 0 Å². The Bertz CT molecular complexity index is 671. The van der Waals surface area contributed by atoms with E-state index in [1.165, 1.54) is 12.1 Å². The monoisotopic (exact) mass is 387 g/mol. The minimum absolute atomic E-state index is 0. The summed E-state index contributed by atoms with van der Waals surface area (Å²) >= 11 is 0. The van der Waals surface area contributed by atoms with E-state index in [-0.39, 0.29) is 36.2 Å². The van der Waals surface area contributed by atoms with Gasteiger partial charge in [0.05, 0.1) is 6.04 Å². The molecular weight excluding hydrogens is 364 g/mol. The van der Waals surface area contributed by atoms with Crippen LogP contribution in [0.4, 0.5) is 8.78 Å². The number of nitrogens with two attached hydrogens (primary N) is 1. The number of benzene rings is 1. The first-order chi connectivity index (χ1) is 11.8. The predicted octanol–water partition coefficient (Wildman–Crippen LogP) is 2.07. The second kappa shape index (κ2) is 7.88. The Balaban J connectivity index is 0.00000243. The summed E-state index contributed by atoms with van der Waals surface area (Å²) in [6, 6.07) is 2.82. The average molecular weight is 388 g/mol. The van der Waals surface area contributed by atoms with Gasteiger partial charge in [0.2, 0.25) is 11.8 Å². The molecule has 2 aliphatic rings. The summed E-state index contributed by atoms with van der Waals surface area (Å²) in [5, 5.41) is 0. The van der Waals surface area contributed by atoms with Crippen LogP contribution in [0, 0.1) is 17.0 Å². The minimum Gasteiger partial charge on any atom is -0.341 e. The van der Waals surface area contributed by atoms with Gasteiger partial charge in [-0.3, -0.25) is 9.59 Å². The molecular formula is C18H24ClF2N3O2. The third-order valence-corrected chi connectivity index (χ3v) is 5.23. The number of hydrogen-bond donors (Lipinski definition) is 1. The summed E-state index contributed by atoms with van der Waals surface area (Å²) in [5.74, 6) is -1.35. The maximum atomic E-state index is 13.3. The summed E-state index contributed by atoms with van der Waals surface area (Å²) < 4.78 is 26.7. The maximum Gasteiger partial charge on any atom is 0.239 e. The molecule has 8 heteroatoms. The molecule has 26 heavy (non-hydrogen) atoms. The van der Waals surface area contributed by atoms with Gasteiger partial charge in [-0.1, -0.05) is 0 Å². The number of rotatable bonds is 3. The summed E-state index contributed by atoms with van der Waals surface area (Å²) in [6.07, 6.45) is 1.90. The molecule has 2 fully saturated rings. The Kier molecular flexibility index (Phi) is 6.24.